The van der Waals surface area contributed by atoms with Gasteiger partial charge in [-0.2, -0.15) is 0 Å². The van der Waals surface area contributed by atoms with Crippen LogP contribution in [0.2, 0.25) is 0 Å². The van der Waals surface area contributed by atoms with Crippen LogP contribution in [0.15, 0.2) is 119 Å². The van der Waals surface area contributed by atoms with Crippen molar-refractivity contribution in [2.45, 2.75) is 29.7 Å². The first kappa shape index (κ1) is 33.0. The summed E-state index contributed by atoms with van der Waals surface area (Å²) in [7, 11) is 1.49. The largest absolute Gasteiger partial charge is 0.507 e. The molecule has 1 fully saturated rings. The van der Waals surface area contributed by atoms with Crippen molar-refractivity contribution in [2.24, 2.45) is 0 Å². The second-order valence-electron chi connectivity index (χ2n) is 11.6. The predicted octanol–water partition coefficient (Wildman–Crippen LogP) is 8.65. The minimum Gasteiger partial charge on any atom is -0.507 e. The third-order valence-corrected chi connectivity index (χ3v) is 10.6. The zero-order valence-electron chi connectivity index (χ0n) is 27.0. The number of hydrogen-bond acceptors (Lipinski definition) is 9. The van der Waals surface area contributed by atoms with Crippen LogP contribution in [0.4, 0.5) is 9.52 Å². The van der Waals surface area contributed by atoms with Gasteiger partial charge in [0, 0.05) is 11.3 Å². The van der Waals surface area contributed by atoms with Crippen molar-refractivity contribution in [1.29, 1.82) is 0 Å². The molecular formula is C39H30FN3O5S2. The number of fused-ring (bicyclic) bond motifs is 1. The molecule has 2 heterocycles. The van der Waals surface area contributed by atoms with E-state index in [1.165, 1.54) is 47.2 Å². The maximum Gasteiger partial charge on any atom is 0.301 e. The number of carbonyl (C=O) groups excluding carboxylic acids is 2. The van der Waals surface area contributed by atoms with Gasteiger partial charge in [0.2, 0.25) is 5.13 Å². The number of nitrogens with zero attached hydrogens (tertiary/aromatic N) is 3. The average Bonchev–Trinajstić information content (AvgIpc) is 3.72. The molecule has 250 valence electrons. The van der Waals surface area contributed by atoms with Crippen molar-refractivity contribution in [3.05, 3.63) is 148 Å². The standard InChI is InChI=1S/C39H30FN3O5S2/c1-23-15-16-27(19-30(23)40)35(44)33-34(26-17-18-31(32(20-26)47-2)48-21-24-9-4-3-5-10-24)43(37(46)36(33)45)38-41-42-39(50-38)49-22-28-13-8-12-25-11-6-7-14-29(25)28/h3-20,34,44H,21-22H2,1-2H3/b35-33+. The summed E-state index contributed by atoms with van der Waals surface area (Å²) in [4.78, 5) is 28.8. The number of hydrogen-bond donors (Lipinski definition) is 1. The number of aromatic nitrogens is 2. The number of benzene rings is 5. The number of aryl methyl sites for hydroxylation is 1. The first-order valence-corrected chi connectivity index (χ1v) is 17.5. The molecular weight excluding hydrogens is 674 g/mol. The summed E-state index contributed by atoms with van der Waals surface area (Å²) in [6.45, 7) is 1.88. The SMILES string of the molecule is COc1cc(C2/C(=C(\O)c3ccc(C)c(F)c3)C(=O)C(=O)N2c2nnc(SCc3cccc4ccccc34)s2)ccc1OCc1ccccc1. The summed E-state index contributed by atoms with van der Waals surface area (Å²) in [5.41, 5.74) is 2.76. The first-order valence-electron chi connectivity index (χ1n) is 15.7. The number of aliphatic hydroxyl groups excluding tert-OH is 1. The Bertz CT molecular complexity index is 2270. The number of halogens is 1. The number of thioether (sulfide) groups is 1. The van der Waals surface area contributed by atoms with Crippen LogP contribution >= 0.6 is 23.1 Å². The number of anilines is 1. The van der Waals surface area contributed by atoms with E-state index >= 15 is 0 Å². The van der Waals surface area contributed by atoms with Crippen molar-refractivity contribution >= 4 is 56.5 Å². The highest BCUT2D eigenvalue weighted by Gasteiger charge is 2.48. The lowest BCUT2D eigenvalue weighted by Gasteiger charge is -2.23. The van der Waals surface area contributed by atoms with Crippen LogP contribution in [0.5, 0.6) is 11.5 Å². The molecule has 1 unspecified atom stereocenters. The van der Waals surface area contributed by atoms with E-state index < -0.39 is 29.3 Å². The van der Waals surface area contributed by atoms with Crippen LogP contribution in [0.1, 0.15) is 33.9 Å². The number of amides is 1. The highest BCUT2D eigenvalue weighted by Crippen LogP contribution is 2.46. The van der Waals surface area contributed by atoms with Crippen LogP contribution in [-0.4, -0.2) is 34.1 Å². The lowest BCUT2D eigenvalue weighted by atomic mass is 9.94. The van der Waals surface area contributed by atoms with Gasteiger partial charge in [-0.3, -0.25) is 14.5 Å². The zero-order valence-corrected chi connectivity index (χ0v) is 28.6. The van der Waals surface area contributed by atoms with Crippen molar-refractivity contribution in [2.75, 3.05) is 12.0 Å². The van der Waals surface area contributed by atoms with E-state index in [4.69, 9.17) is 9.47 Å². The minimum atomic E-state index is -1.12. The van der Waals surface area contributed by atoms with Crippen molar-refractivity contribution < 1.29 is 28.6 Å². The number of rotatable bonds is 10. The van der Waals surface area contributed by atoms with Crippen molar-refractivity contribution in [3.8, 4) is 11.5 Å². The second kappa shape index (κ2) is 14.1. The summed E-state index contributed by atoms with van der Waals surface area (Å²) in [5.74, 6) is -1.48. The molecule has 0 aliphatic carbocycles. The average molecular weight is 704 g/mol. The quantitative estimate of drug-likeness (QED) is 0.0498. The van der Waals surface area contributed by atoms with Crippen LogP contribution in [-0.2, 0) is 21.9 Å². The Hall–Kier alpha value is -5.52. The summed E-state index contributed by atoms with van der Waals surface area (Å²) in [5, 5.41) is 22.7. The number of Topliss-reactive ketones (excluding diaryl/α,β-unsaturated/α-hetero) is 1. The molecule has 0 saturated carbocycles. The van der Waals surface area contributed by atoms with Gasteiger partial charge in [-0.1, -0.05) is 114 Å². The molecule has 0 radical (unpaired) electrons. The molecule has 1 N–H and O–H groups in total. The Labute approximate surface area is 295 Å². The fraction of sp³-hybridized carbons (Fsp3) is 0.128. The Kier molecular flexibility index (Phi) is 9.34. The minimum absolute atomic E-state index is 0.0643. The van der Waals surface area contributed by atoms with E-state index in [9.17, 15) is 19.1 Å². The van der Waals surface area contributed by atoms with Crippen molar-refractivity contribution in [1.82, 2.24) is 10.2 Å². The van der Waals surface area contributed by atoms with Crippen molar-refractivity contribution in [3.63, 3.8) is 0 Å². The predicted molar refractivity (Wildman–Crippen MR) is 193 cm³/mol. The molecule has 1 aliphatic heterocycles. The zero-order chi connectivity index (χ0) is 34.8. The lowest BCUT2D eigenvalue weighted by molar-refractivity contribution is -0.132. The molecule has 1 amide bonds. The number of ketones is 1. The maximum absolute atomic E-state index is 14.6. The summed E-state index contributed by atoms with van der Waals surface area (Å²) in [6, 6.07) is 32.0. The van der Waals surface area contributed by atoms with Crippen LogP contribution in [0.3, 0.4) is 0 Å². The monoisotopic (exact) mass is 703 g/mol. The lowest BCUT2D eigenvalue weighted by Crippen LogP contribution is -2.29. The molecule has 6 aromatic rings. The van der Waals surface area contributed by atoms with Crippen LogP contribution < -0.4 is 14.4 Å². The molecule has 0 bridgehead atoms. The molecule has 0 spiro atoms. The molecule has 8 nitrogen and oxygen atoms in total. The molecule has 1 saturated heterocycles. The number of methoxy groups -OCH3 is 1. The Morgan fingerprint density at radius 1 is 0.920 bits per heavy atom. The Morgan fingerprint density at radius 2 is 1.70 bits per heavy atom. The van der Waals surface area contributed by atoms with Gasteiger partial charge in [-0.15, -0.1) is 10.2 Å². The molecule has 5 aromatic carbocycles. The maximum atomic E-state index is 14.6. The van der Waals surface area contributed by atoms with E-state index in [1.54, 1.807) is 25.1 Å². The molecule has 1 aromatic heterocycles. The third-order valence-electron chi connectivity index (χ3n) is 8.46. The fourth-order valence-corrected chi connectivity index (χ4v) is 7.74. The van der Waals surface area contributed by atoms with E-state index in [0.717, 1.165) is 28.0 Å². The molecule has 50 heavy (non-hydrogen) atoms. The molecule has 1 aliphatic rings. The summed E-state index contributed by atoms with van der Waals surface area (Å²) in [6.07, 6.45) is 0. The first-order chi connectivity index (χ1) is 24.3. The van der Waals surface area contributed by atoms with Gasteiger partial charge in [0.05, 0.1) is 18.7 Å². The van der Waals surface area contributed by atoms with Gasteiger partial charge < -0.3 is 14.6 Å². The highest BCUT2D eigenvalue weighted by atomic mass is 32.2. The highest BCUT2D eigenvalue weighted by molar-refractivity contribution is 8.00. The van der Waals surface area contributed by atoms with Gasteiger partial charge >= 0.3 is 5.91 Å². The molecule has 1 atom stereocenters. The number of ether oxygens (including phenoxy) is 2. The summed E-state index contributed by atoms with van der Waals surface area (Å²) < 4.78 is 27.0. The molecule has 7 rings (SSSR count). The van der Waals surface area contributed by atoms with Gasteiger partial charge in [0.1, 0.15) is 18.2 Å². The topological polar surface area (TPSA) is 102 Å². The van der Waals surface area contributed by atoms with Gasteiger partial charge in [0.15, 0.2) is 15.8 Å². The van der Waals surface area contributed by atoms with Crippen LogP contribution in [0.25, 0.3) is 16.5 Å². The molecule has 11 heteroatoms. The Morgan fingerprint density at radius 3 is 2.50 bits per heavy atom. The van der Waals surface area contributed by atoms with E-state index in [-0.39, 0.29) is 22.9 Å². The van der Waals surface area contributed by atoms with Gasteiger partial charge in [0.25, 0.3) is 5.78 Å². The smallest absolute Gasteiger partial charge is 0.301 e. The number of carbonyl (C=O) groups is 2. The van der Waals surface area contributed by atoms with Crippen LogP contribution in [0, 0.1) is 12.7 Å². The van der Waals surface area contributed by atoms with E-state index in [1.807, 2.05) is 48.5 Å². The normalized spacial score (nSPS) is 15.5. The van der Waals surface area contributed by atoms with E-state index in [2.05, 4.69) is 34.5 Å². The third kappa shape index (κ3) is 6.45. The van der Waals surface area contributed by atoms with E-state index in [0.29, 0.717) is 32.7 Å². The second-order valence-corrected chi connectivity index (χ2v) is 13.8. The summed E-state index contributed by atoms with van der Waals surface area (Å²) >= 11 is 2.63. The van der Waals surface area contributed by atoms with Gasteiger partial charge in [-0.05, 0) is 58.1 Å². The fourth-order valence-electron chi connectivity index (χ4n) is 5.87. The number of aliphatic hydroxyl groups is 1. The Balaban J connectivity index is 1.26. The van der Waals surface area contributed by atoms with Gasteiger partial charge in [-0.25, -0.2) is 4.39 Å².